The van der Waals surface area contributed by atoms with Crippen molar-refractivity contribution in [2.75, 3.05) is 0 Å². The Kier molecular flexibility index (Phi) is 2.10. The molecule has 0 unspecified atom stereocenters. The van der Waals surface area contributed by atoms with Crippen LogP contribution in [0, 0.1) is 0 Å². The largest absolute Gasteiger partial charge is 0.457 e. The summed E-state index contributed by atoms with van der Waals surface area (Å²) in [6.07, 6.45) is 1.52. The van der Waals surface area contributed by atoms with Crippen molar-refractivity contribution in [1.82, 2.24) is 0 Å². The zero-order valence-electron chi connectivity index (χ0n) is 6.80. The molecule has 2 nitrogen and oxygen atoms in total. The van der Waals surface area contributed by atoms with Gasteiger partial charge < -0.3 is 9.47 Å². The number of allylic oxidation sites excluding steroid dienone is 1. The van der Waals surface area contributed by atoms with Crippen molar-refractivity contribution in [1.29, 1.82) is 0 Å². The molecule has 0 fully saturated rings. The molecule has 0 saturated heterocycles. The Balaban J connectivity index is 2.48. The molecule has 4 heteroatoms. The van der Waals surface area contributed by atoms with Gasteiger partial charge >= 0.3 is 0 Å². The first kappa shape index (κ1) is 8.73. The van der Waals surface area contributed by atoms with Crippen LogP contribution < -0.4 is 9.47 Å². The van der Waals surface area contributed by atoms with Gasteiger partial charge in [0.15, 0.2) is 11.5 Å². The molecule has 1 aliphatic rings. The lowest BCUT2D eigenvalue weighted by molar-refractivity contribution is 0.327. The topological polar surface area (TPSA) is 18.5 Å². The SMILES string of the molecule is CC1=COc2cc(Cl)c(Cl)cc2O1. The van der Waals surface area contributed by atoms with Gasteiger partial charge in [-0.25, -0.2) is 0 Å². The fourth-order valence-electron chi connectivity index (χ4n) is 1.03. The van der Waals surface area contributed by atoms with Gasteiger partial charge in [0.2, 0.25) is 0 Å². The summed E-state index contributed by atoms with van der Waals surface area (Å²) < 4.78 is 10.6. The first-order valence-electron chi connectivity index (χ1n) is 3.67. The summed E-state index contributed by atoms with van der Waals surface area (Å²) in [5.74, 6) is 1.86. The highest BCUT2D eigenvalue weighted by molar-refractivity contribution is 6.42. The van der Waals surface area contributed by atoms with Crippen LogP contribution >= 0.6 is 23.2 Å². The van der Waals surface area contributed by atoms with Crippen molar-refractivity contribution in [3.8, 4) is 11.5 Å². The van der Waals surface area contributed by atoms with Gasteiger partial charge in [0.05, 0.1) is 10.0 Å². The Hall–Kier alpha value is -0.860. The van der Waals surface area contributed by atoms with Gasteiger partial charge in [-0.05, 0) is 6.92 Å². The number of benzene rings is 1. The molecule has 1 aromatic rings. The summed E-state index contributed by atoms with van der Waals surface area (Å²) in [6, 6.07) is 3.26. The van der Waals surface area contributed by atoms with Crippen molar-refractivity contribution in [3.05, 3.63) is 34.2 Å². The molecule has 0 aromatic heterocycles. The smallest absolute Gasteiger partial charge is 0.171 e. The van der Waals surface area contributed by atoms with Gasteiger partial charge in [0.25, 0.3) is 0 Å². The molecular formula is C9H6Cl2O2. The number of fused-ring (bicyclic) bond motifs is 1. The number of halogens is 2. The van der Waals surface area contributed by atoms with E-state index in [0.29, 0.717) is 27.3 Å². The maximum atomic E-state index is 5.81. The van der Waals surface area contributed by atoms with Gasteiger partial charge in [0, 0.05) is 12.1 Å². The number of rotatable bonds is 0. The summed E-state index contributed by atoms with van der Waals surface area (Å²) in [5, 5.41) is 0.913. The average molecular weight is 217 g/mol. The minimum atomic E-state index is 0.456. The first-order valence-corrected chi connectivity index (χ1v) is 4.43. The van der Waals surface area contributed by atoms with Crippen LogP contribution in [0.2, 0.25) is 10.0 Å². The fraction of sp³-hybridized carbons (Fsp3) is 0.111. The summed E-state index contributed by atoms with van der Waals surface area (Å²) in [6.45, 7) is 1.80. The average Bonchev–Trinajstić information content (AvgIpc) is 2.08. The Labute approximate surface area is 85.7 Å². The molecule has 0 spiro atoms. The van der Waals surface area contributed by atoms with Gasteiger partial charge in [-0.3, -0.25) is 0 Å². The van der Waals surface area contributed by atoms with E-state index < -0.39 is 0 Å². The van der Waals surface area contributed by atoms with Crippen LogP contribution in [0.15, 0.2) is 24.2 Å². The quantitative estimate of drug-likeness (QED) is 0.660. The number of hydrogen-bond acceptors (Lipinski definition) is 2. The third kappa shape index (κ3) is 1.60. The van der Waals surface area contributed by atoms with E-state index in [1.165, 1.54) is 6.26 Å². The molecule has 13 heavy (non-hydrogen) atoms. The summed E-state index contributed by atoms with van der Waals surface area (Å²) >= 11 is 11.6. The zero-order chi connectivity index (χ0) is 9.42. The molecule has 0 radical (unpaired) electrons. The van der Waals surface area contributed by atoms with Gasteiger partial charge in [0.1, 0.15) is 12.0 Å². The minimum absolute atomic E-state index is 0.456. The summed E-state index contributed by atoms with van der Waals surface area (Å²) in [7, 11) is 0. The van der Waals surface area contributed by atoms with Crippen LogP contribution in [0.3, 0.4) is 0 Å². The van der Waals surface area contributed by atoms with Gasteiger partial charge in [-0.2, -0.15) is 0 Å². The molecule has 0 N–H and O–H groups in total. The molecule has 0 amide bonds. The fourth-order valence-corrected chi connectivity index (χ4v) is 1.33. The molecule has 0 bridgehead atoms. The molecule has 2 rings (SSSR count). The van der Waals surface area contributed by atoms with E-state index in [9.17, 15) is 0 Å². The molecule has 1 heterocycles. The second-order valence-electron chi connectivity index (χ2n) is 2.66. The highest BCUT2D eigenvalue weighted by atomic mass is 35.5. The van der Waals surface area contributed by atoms with Crippen molar-refractivity contribution >= 4 is 23.2 Å². The van der Waals surface area contributed by atoms with Crippen molar-refractivity contribution < 1.29 is 9.47 Å². The Bertz CT molecular complexity index is 385. The van der Waals surface area contributed by atoms with Crippen LogP contribution in [0.5, 0.6) is 11.5 Å². The van der Waals surface area contributed by atoms with E-state index in [0.717, 1.165) is 0 Å². The second-order valence-corrected chi connectivity index (χ2v) is 3.48. The van der Waals surface area contributed by atoms with E-state index in [-0.39, 0.29) is 0 Å². The van der Waals surface area contributed by atoms with Crippen LogP contribution in [0.1, 0.15) is 6.92 Å². The van der Waals surface area contributed by atoms with Crippen LogP contribution in [-0.4, -0.2) is 0 Å². The third-order valence-electron chi connectivity index (χ3n) is 1.61. The van der Waals surface area contributed by atoms with Gasteiger partial charge in [-0.1, -0.05) is 23.2 Å². The summed E-state index contributed by atoms with van der Waals surface area (Å²) in [4.78, 5) is 0. The second kappa shape index (κ2) is 3.13. The molecule has 0 atom stereocenters. The van der Waals surface area contributed by atoms with Crippen molar-refractivity contribution in [2.24, 2.45) is 0 Å². The predicted molar refractivity (Wildman–Crippen MR) is 51.5 cm³/mol. The number of ether oxygens (including phenoxy) is 2. The van der Waals surface area contributed by atoms with E-state index in [1.54, 1.807) is 19.1 Å². The molecule has 0 aliphatic carbocycles. The molecule has 1 aromatic carbocycles. The molecule has 68 valence electrons. The normalized spacial score (nSPS) is 13.9. The lowest BCUT2D eigenvalue weighted by Crippen LogP contribution is -2.01. The first-order chi connectivity index (χ1) is 6.16. The van der Waals surface area contributed by atoms with E-state index >= 15 is 0 Å². The maximum Gasteiger partial charge on any atom is 0.171 e. The minimum Gasteiger partial charge on any atom is -0.457 e. The molecular weight excluding hydrogens is 211 g/mol. The lowest BCUT2D eigenvalue weighted by Gasteiger charge is -2.16. The van der Waals surface area contributed by atoms with E-state index in [2.05, 4.69) is 0 Å². The van der Waals surface area contributed by atoms with Crippen LogP contribution in [-0.2, 0) is 0 Å². The summed E-state index contributed by atoms with van der Waals surface area (Å²) in [5.41, 5.74) is 0. The lowest BCUT2D eigenvalue weighted by atomic mass is 10.3. The third-order valence-corrected chi connectivity index (χ3v) is 2.33. The zero-order valence-corrected chi connectivity index (χ0v) is 8.32. The highest BCUT2D eigenvalue weighted by Gasteiger charge is 2.14. The van der Waals surface area contributed by atoms with Crippen molar-refractivity contribution in [3.63, 3.8) is 0 Å². The van der Waals surface area contributed by atoms with E-state index in [4.69, 9.17) is 32.7 Å². The molecule has 1 aliphatic heterocycles. The Morgan fingerprint density at radius 3 is 2.38 bits per heavy atom. The van der Waals surface area contributed by atoms with Crippen molar-refractivity contribution in [2.45, 2.75) is 6.92 Å². The maximum absolute atomic E-state index is 5.81. The molecule has 0 saturated carbocycles. The standard InChI is InChI=1S/C9H6Cl2O2/c1-5-4-12-8-2-6(10)7(11)3-9(8)13-5/h2-4H,1H3. The van der Waals surface area contributed by atoms with Crippen LogP contribution in [0.25, 0.3) is 0 Å². The highest BCUT2D eigenvalue weighted by Crippen LogP contribution is 2.38. The Morgan fingerprint density at radius 2 is 1.69 bits per heavy atom. The monoisotopic (exact) mass is 216 g/mol. The van der Waals surface area contributed by atoms with E-state index in [1.807, 2.05) is 0 Å². The van der Waals surface area contributed by atoms with Crippen LogP contribution in [0.4, 0.5) is 0 Å². The van der Waals surface area contributed by atoms with Gasteiger partial charge in [-0.15, -0.1) is 0 Å². The predicted octanol–water partition coefficient (Wildman–Crippen LogP) is 3.63. The number of hydrogen-bond donors (Lipinski definition) is 0. The Morgan fingerprint density at radius 1 is 1.08 bits per heavy atom.